The number of aromatic nitrogens is 5. The first-order valence-corrected chi connectivity index (χ1v) is 6.49. The van der Waals surface area contributed by atoms with E-state index in [2.05, 4.69) is 20.5 Å². The lowest BCUT2D eigenvalue weighted by Crippen LogP contribution is -2.27. The number of aromatic amines is 1. The van der Waals surface area contributed by atoms with Gasteiger partial charge in [-0.25, -0.2) is 4.98 Å². The van der Waals surface area contributed by atoms with Crippen LogP contribution >= 0.6 is 12.2 Å². The second kappa shape index (κ2) is 4.61. The van der Waals surface area contributed by atoms with Gasteiger partial charge in [0.25, 0.3) is 5.91 Å². The predicted octanol–water partition coefficient (Wildman–Crippen LogP) is 0.939. The average molecular weight is 278 g/mol. The zero-order valence-corrected chi connectivity index (χ0v) is 11.3. The van der Waals surface area contributed by atoms with Gasteiger partial charge in [0.2, 0.25) is 0 Å². The van der Waals surface area contributed by atoms with E-state index in [1.165, 1.54) is 0 Å². The first-order valence-electron chi connectivity index (χ1n) is 6.08. The molecule has 0 unspecified atom stereocenters. The summed E-state index contributed by atoms with van der Waals surface area (Å²) in [5.41, 5.74) is 0. The van der Waals surface area contributed by atoms with Crippen molar-refractivity contribution in [3.05, 3.63) is 28.8 Å². The molecule has 0 saturated heterocycles. The second-order valence-corrected chi connectivity index (χ2v) is 4.98. The molecular formula is C11H14N6OS. The van der Waals surface area contributed by atoms with Gasteiger partial charge in [0.05, 0.1) is 6.54 Å². The van der Waals surface area contributed by atoms with Crippen LogP contribution in [0.15, 0.2) is 12.4 Å². The standard InChI is InChI=1S/C11H14N6OS/c1-16-5-4-12-9(16)10(18)13-6-8-14-15-11(19)17(8)7-2-3-7/h4-5,7H,2-3,6H2,1H3,(H,13,18)(H,15,19). The summed E-state index contributed by atoms with van der Waals surface area (Å²) in [7, 11) is 1.78. The molecule has 19 heavy (non-hydrogen) atoms. The van der Waals surface area contributed by atoms with Crippen LogP contribution in [-0.4, -0.2) is 30.2 Å². The van der Waals surface area contributed by atoms with E-state index in [1.807, 2.05) is 4.57 Å². The number of rotatable bonds is 4. The molecule has 0 radical (unpaired) electrons. The number of amides is 1. The minimum Gasteiger partial charge on any atom is -0.342 e. The molecule has 2 aromatic heterocycles. The Kier molecular flexibility index (Phi) is 2.94. The summed E-state index contributed by atoms with van der Waals surface area (Å²) < 4.78 is 4.27. The van der Waals surface area contributed by atoms with Crippen LogP contribution in [0.1, 0.15) is 35.3 Å². The average Bonchev–Trinajstić information content (AvgIpc) is 3.02. The van der Waals surface area contributed by atoms with E-state index in [9.17, 15) is 4.79 Å². The van der Waals surface area contributed by atoms with E-state index in [0.717, 1.165) is 18.7 Å². The van der Waals surface area contributed by atoms with Crippen LogP contribution < -0.4 is 5.32 Å². The van der Waals surface area contributed by atoms with Crippen LogP contribution in [-0.2, 0) is 13.6 Å². The molecule has 100 valence electrons. The van der Waals surface area contributed by atoms with Crippen molar-refractivity contribution in [1.29, 1.82) is 0 Å². The molecule has 7 nitrogen and oxygen atoms in total. The monoisotopic (exact) mass is 278 g/mol. The summed E-state index contributed by atoms with van der Waals surface area (Å²) in [6, 6.07) is 0.436. The summed E-state index contributed by atoms with van der Waals surface area (Å²) in [6.45, 7) is 0.343. The molecule has 2 aromatic rings. The fourth-order valence-electron chi connectivity index (χ4n) is 1.99. The Labute approximate surface area is 114 Å². The van der Waals surface area contributed by atoms with Crippen LogP contribution in [0.3, 0.4) is 0 Å². The molecular weight excluding hydrogens is 264 g/mol. The fourth-order valence-corrected chi connectivity index (χ4v) is 2.29. The summed E-state index contributed by atoms with van der Waals surface area (Å²) in [4.78, 5) is 15.9. The van der Waals surface area contributed by atoms with E-state index in [1.54, 1.807) is 24.0 Å². The third-order valence-corrected chi connectivity index (χ3v) is 3.41. The van der Waals surface area contributed by atoms with Gasteiger partial charge in [0, 0.05) is 25.5 Å². The predicted molar refractivity (Wildman–Crippen MR) is 70.1 cm³/mol. The Bertz CT molecular complexity index is 665. The summed E-state index contributed by atoms with van der Waals surface area (Å²) in [6.07, 6.45) is 5.56. The maximum Gasteiger partial charge on any atom is 0.287 e. The lowest BCUT2D eigenvalue weighted by Gasteiger charge is -2.06. The Hall–Kier alpha value is -1.96. The smallest absolute Gasteiger partial charge is 0.287 e. The van der Waals surface area contributed by atoms with Crippen LogP contribution in [0, 0.1) is 4.77 Å². The van der Waals surface area contributed by atoms with Crippen molar-refractivity contribution in [1.82, 2.24) is 29.6 Å². The van der Waals surface area contributed by atoms with Crippen LogP contribution in [0.2, 0.25) is 0 Å². The maximum atomic E-state index is 11.9. The molecule has 8 heteroatoms. The lowest BCUT2D eigenvalue weighted by atomic mass is 10.5. The summed E-state index contributed by atoms with van der Waals surface area (Å²) in [5, 5.41) is 9.74. The minimum absolute atomic E-state index is 0.219. The molecule has 1 saturated carbocycles. The zero-order valence-electron chi connectivity index (χ0n) is 10.5. The number of nitrogens with one attached hydrogen (secondary N) is 2. The highest BCUT2D eigenvalue weighted by molar-refractivity contribution is 7.71. The van der Waals surface area contributed by atoms with E-state index in [0.29, 0.717) is 23.2 Å². The first kappa shape index (κ1) is 12.1. The summed E-state index contributed by atoms with van der Waals surface area (Å²) >= 11 is 5.19. The number of aryl methyl sites for hydroxylation is 1. The van der Waals surface area contributed by atoms with Gasteiger partial charge in [-0.1, -0.05) is 0 Å². The van der Waals surface area contributed by atoms with Crippen molar-refractivity contribution in [2.45, 2.75) is 25.4 Å². The van der Waals surface area contributed by atoms with Gasteiger partial charge >= 0.3 is 0 Å². The number of hydrogen-bond acceptors (Lipinski definition) is 4. The number of carbonyl (C=O) groups excluding carboxylic acids is 1. The van der Waals surface area contributed by atoms with Crippen LogP contribution in [0.5, 0.6) is 0 Å². The normalized spacial score (nSPS) is 14.6. The molecule has 1 fully saturated rings. The van der Waals surface area contributed by atoms with E-state index < -0.39 is 0 Å². The maximum absolute atomic E-state index is 11.9. The highest BCUT2D eigenvalue weighted by Crippen LogP contribution is 2.35. The van der Waals surface area contributed by atoms with Gasteiger partial charge in [-0.2, -0.15) is 5.10 Å². The largest absolute Gasteiger partial charge is 0.342 e. The van der Waals surface area contributed by atoms with Gasteiger partial charge in [0.15, 0.2) is 16.4 Å². The molecule has 1 aliphatic carbocycles. The lowest BCUT2D eigenvalue weighted by molar-refractivity contribution is 0.0936. The van der Waals surface area contributed by atoms with E-state index in [-0.39, 0.29) is 5.91 Å². The molecule has 0 bridgehead atoms. The van der Waals surface area contributed by atoms with E-state index in [4.69, 9.17) is 12.2 Å². The second-order valence-electron chi connectivity index (χ2n) is 4.59. The van der Waals surface area contributed by atoms with Crippen LogP contribution in [0.25, 0.3) is 0 Å². The van der Waals surface area contributed by atoms with Crippen molar-refractivity contribution in [2.24, 2.45) is 7.05 Å². The van der Waals surface area contributed by atoms with Crippen molar-refractivity contribution in [3.8, 4) is 0 Å². The molecule has 1 amide bonds. The molecule has 2 heterocycles. The fraction of sp³-hybridized carbons (Fsp3) is 0.455. The number of nitrogens with zero attached hydrogens (tertiary/aromatic N) is 4. The topological polar surface area (TPSA) is 80.5 Å². The molecule has 0 atom stereocenters. The molecule has 0 aromatic carbocycles. The SMILES string of the molecule is Cn1ccnc1C(=O)NCc1n[nH]c(=S)n1C1CC1. The Balaban J connectivity index is 1.71. The molecule has 2 N–H and O–H groups in total. The third kappa shape index (κ3) is 2.30. The third-order valence-electron chi connectivity index (χ3n) is 3.12. The minimum atomic E-state index is -0.219. The van der Waals surface area contributed by atoms with Gasteiger partial charge in [-0.3, -0.25) is 14.5 Å². The summed E-state index contributed by atoms with van der Waals surface area (Å²) in [5.74, 6) is 0.922. The Morgan fingerprint density at radius 2 is 2.42 bits per heavy atom. The first-order chi connectivity index (χ1) is 9.16. The number of hydrogen-bond donors (Lipinski definition) is 2. The number of carbonyl (C=O) groups is 1. The van der Waals surface area contributed by atoms with Crippen molar-refractivity contribution in [2.75, 3.05) is 0 Å². The van der Waals surface area contributed by atoms with E-state index >= 15 is 0 Å². The quantitative estimate of drug-likeness (QED) is 0.816. The Morgan fingerprint density at radius 3 is 3.05 bits per heavy atom. The molecule has 3 rings (SSSR count). The molecule has 1 aliphatic rings. The van der Waals surface area contributed by atoms with Crippen molar-refractivity contribution in [3.63, 3.8) is 0 Å². The van der Waals surface area contributed by atoms with Crippen molar-refractivity contribution < 1.29 is 4.79 Å². The van der Waals surface area contributed by atoms with Gasteiger partial charge in [0.1, 0.15) is 0 Å². The zero-order chi connectivity index (χ0) is 13.4. The molecule has 0 aliphatic heterocycles. The molecule has 0 spiro atoms. The Morgan fingerprint density at radius 1 is 1.63 bits per heavy atom. The van der Waals surface area contributed by atoms with Gasteiger partial charge < -0.3 is 9.88 Å². The number of imidazole rings is 1. The highest BCUT2D eigenvalue weighted by Gasteiger charge is 2.27. The van der Waals surface area contributed by atoms with Crippen molar-refractivity contribution >= 4 is 18.1 Å². The van der Waals surface area contributed by atoms with Gasteiger partial charge in [-0.05, 0) is 25.1 Å². The van der Waals surface area contributed by atoms with Gasteiger partial charge in [-0.15, -0.1) is 0 Å². The number of H-pyrrole nitrogens is 1. The van der Waals surface area contributed by atoms with Crippen LogP contribution in [0.4, 0.5) is 0 Å². The highest BCUT2D eigenvalue weighted by atomic mass is 32.1.